The Morgan fingerprint density at radius 1 is 1.17 bits per heavy atom. The Kier molecular flexibility index (Phi) is 6.41. The molecular weight excluding hydrogens is 361 g/mol. The Hall–Kier alpha value is -2.04. The summed E-state index contributed by atoms with van der Waals surface area (Å²) in [6.07, 6.45) is 6.75. The highest BCUT2D eigenvalue weighted by Gasteiger charge is 2.30. The van der Waals surface area contributed by atoms with E-state index < -0.39 is 0 Å². The number of hydrogen-bond donors (Lipinski definition) is 1. The summed E-state index contributed by atoms with van der Waals surface area (Å²) >= 11 is 0. The maximum absolute atomic E-state index is 14.3. The SMILES string of the molecule is CC/C(F)=C(\C)CN(C[C@H]1Cc2ccccc2CN1)[C@H]1CCCc2cccnc21. The zero-order chi connectivity index (χ0) is 20.2. The Morgan fingerprint density at radius 3 is 2.79 bits per heavy atom. The summed E-state index contributed by atoms with van der Waals surface area (Å²) in [5.74, 6) is 0.0222. The quantitative estimate of drug-likeness (QED) is 0.737. The minimum Gasteiger partial charge on any atom is -0.308 e. The van der Waals surface area contributed by atoms with E-state index in [1.807, 2.05) is 26.1 Å². The summed E-state index contributed by atoms with van der Waals surface area (Å²) in [6.45, 7) is 6.31. The molecule has 2 aromatic rings. The van der Waals surface area contributed by atoms with Gasteiger partial charge in [-0.25, -0.2) is 4.39 Å². The van der Waals surface area contributed by atoms with Gasteiger partial charge in [-0.2, -0.15) is 0 Å². The number of aryl methyl sites for hydroxylation is 1. The third-order valence-corrected chi connectivity index (χ3v) is 6.44. The van der Waals surface area contributed by atoms with E-state index in [-0.39, 0.29) is 11.9 Å². The molecule has 0 amide bonds. The lowest BCUT2D eigenvalue weighted by molar-refractivity contribution is 0.165. The molecule has 154 valence electrons. The van der Waals surface area contributed by atoms with E-state index in [1.54, 1.807) is 0 Å². The fraction of sp³-hybridized carbons (Fsp3) is 0.480. The molecule has 2 atom stereocenters. The van der Waals surface area contributed by atoms with E-state index in [0.717, 1.165) is 37.9 Å². The second-order valence-corrected chi connectivity index (χ2v) is 8.47. The number of aromatic nitrogens is 1. The Bertz CT molecular complexity index is 876. The molecule has 29 heavy (non-hydrogen) atoms. The van der Waals surface area contributed by atoms with Crippen molar-refractivity contribution in [3.05, 3.63) is 76.4 Å². The van der Waals surface area contributed by atoms with Crippen molar-refractivity contribution in [3.63, 3.8) is 0 Å². The molecule has 0 saturated carbocycles. The van der Waals surface area contributed by atoms with Crippen molar-refractivity contribution in [2.75, 3.05) is 13.1 Å². The molecule has 3 nitrogen and oxygen atoms in total. The summed E-state index contributed by atoms with van der Waals surface area (Å²) in [7, 11) is 0. The lowest BCUT2D eigenvalue weighted by Crippen LogP contribution is -2.47. The van der Waals surface area contributed by atoms with E-state index in [0.29, 0.717) is 19.0 Å². The average Bonchev–Trinajstić information content (AvgIpc) is 2.77. The van der Waals surface area contributed by atoms with Gasteiger partial charge in [-0.1, -0.05) is 37.3 Å². The molecule has 2 aliphatic rings. The fourth-order valence-corrected chi connectivity index (χ4v) is 4.87. The molecule has 1 aliphatic carbocycles. The van der Waals surface area contributed by atoms with Crippen LogP contribution in [0.25, 0.3) is 0 Å². The first-order chi connectivity index (χ1) is 14.2. The van der Waals surface area contributed by atoms with Crippen molar-refractivity contribution < 1.29 is 4.39 Å². The molecule has 2 heterocycles. The first-order valence-corrected chi connectivity index (χ1v) is 11.0. The van der Waals surface area contributed by atoms with Crippen LogP contribution in [0.5, 0.6) is 0 Å². The Labute approximate surface area is 174 Å². The maximum atomic E-state index is 14.3. The molecule has 4 heteroatoms. The van der Waals surface area contributed by atoms with Gasteiger partial charge in [0.15, 0.2) is 0 Å². The van der Waals surface area contributed by atoms with E-state index in [4.69, 9.17) is 4.98 Å². The lowest BCUT2D eigenvalue weighted by atomic mass is 9.89. The highest BCUT2D eigenvalue weighted by atomic mass is 19.1. The largest absolute Gasteiger partial charge is 0.308 e. The van der Waals surface area contributed by atoms with Gasteiger partial charge in [0.2, 0.25) is 0 Å². The van der Waals surface area contributed by atoms with Crippen molar-refractivity contribution in [2.24, 2.45) is 0 Å². The molecule has 1 aromatic carbocycles. The molecule has 0 spiro atoms. The molecule has 1 N–H and O–H groups in total. The standard InChI is InChI=1S/C25H32FN3/c1-3-23(26)18(2)16-29(24-12-6-10-19-11-7-13-27-25(19)24)17-22-14-20-8-4-5-9-21(20)15-28-22/h4-5,7-9,11,13,22,24,28H,3,6,10,12,14-17H2,1-2H3/b23-18-/t22-,24+/m1/s1. The van der Waals surface area contributed by atoms with Crippen LogP contribution in [0, 0.1) is 0 Å². The number of nitrogens with one attached hydrogen (secondary N) is 1. The van der Waals surface area contributed by atoms with Crippen LogP contribution in [0.1, 0.15) is 61.5 Å². The summed E-state index contributed by atoms with van der Waals surface area (Å²) in [4.78, 5) is 7.22. The third-order valence-electron chi connectivity index (χ3n) is 6.44. The number of pyridine rings is 1. The van der Waals surface area contributed by atoms with Gasteiger partial charge in [-0.15, -0.1) is 0 Å². The van der Waals surface area contributed by atoms with E-state index >= 15 is 0 Å². The number of hydrogen-bond acceptors (Lipinski definition) is 3. The number of halogens is 1. The van der Waals surface area contributed by atoms with Crippen LogP contribution < -0.4 is 5.32 Å². The van der Waals surface area contributed by atoms with Crippen LogP contribution in [0.4, 0.5) is 4.39 Å². The summed E-state index contributed by atoms with van der Waals surface area (Å²) in [5, 5.41) is 3.71. The second-order valence-electron chi connectivity index (χ2n) is 8.47. The Balaban J connectivity index is 1.58. The van der Waals surface area contributed by atoms with E-state index in [2.05, 4.69) is 40.5 Å². The van der Waals surface area contributed by atoms with Crippen molar-refractivity contribution in [1.29, 1.82) is 0 Å². The highest BCUT2D eigenvalue weighted by molar-refractivity contribution is 5.30. The summed E-state index contributed by atoms with van der Waals surface area (Å²) in [6, 6.07) is 13.6. The predicted molar refractivity (Wildman–Crippen MR) is 116 cm³/mol. The topological polar surface area (TPSA) is 28.2 Å². The maximum Gasteiger partial charge on any atom is 0.0998 e. The van der Waals surface area contributed by atoms with Gasteiger partial charge >= 0.3 is 0 Å². The smallest absolute Gasteiger partial charge is 0.0998 e. The Morgan fingerprint density at radius 2 is 1.97 bits per heavy atom. The van der Waals surface area contributed by atoms with Crippen LogP contribution in [0.2, 0.25) is 0 Å². The van der Waals surface area contributed by atoms with Gasteiger partial charge < -0.3 is 5.32 Å². The fourth-order valence-electron chi connectivity index (χ4n) is 4.87. The van der Waals surface area contributed by atoms with Gasteiger partial charge in [0.05, 0.1) is 17.6 Å². The molecule has 1 aliphatic heterocycles. The molecule has 0 unspecified atom stereocenters. The molecule has 0 bridgehead atoms. The van der Waals surface area contributed by atoms with Crippen molar-refractivity contribution in [1.82, 2.24) is 15.2 Å². The molecule has 1 aromatic heterocycles. The van der Waals surface area contributed by atoms with Gasteiger partial charge in [0.1, 0.15) is 0 Å². The normalized spacial score (nSPS) is 22.1. The monoisotopic (exact) mass is 393 g/mol. The molecule has 4 rings (SSSR count). The number of fused-ring (bicyclic) bond motifs is 2. The van der Waals surface area contributed by atoms with Crippen molar-refractivity contribution >= 4 is 0 Å². The first kappa shape index (κ1) is 20.2. The lowest BCUT2D eigenvalue weighted by Gasteiger charge is -2.38. The first-order valence-electron chi connectivity index (χ1n) is 11.0. The van der Waals surface area contributed by atoms with Gasteiger partial charge in [-0.05, 0) is 67.4 Å². The van der Waals surface area contributed by atoms with E-state index in [9.17, 15) is 4.39 Å². The summed E-state index contributed by atoms with van der Waals surface area (Å²) < 4.78 is 14.3. The van der Waals surface area contributed by atoms with Crippen LogP contribution in [0.3, 0.4) is 0 Å². The average molecular weight is 394 g/mol. The van der Waals surface area contributed by atoms with Gasteiger partial charge in [-0.3, -0.25) is 9.88 Å². The molecule has 0 radical (unpaired) electrons. The molecule has 0 fully saturated rings. The highest BCUT2D eigenvalue weighted by Crippen LogP contribution is 2.34. The summed E-state index contributed by atoms with van der Waals surface area (Å²) in [5.41, 5.74) is 6.23. The van der Waals surface area contributed by atoms with Crippen molar-refractivity contribution in [2.45, 2.75) is 64.6 Å². The molecular formula is C25H32FN3. The van der Waals surface area contributed by atoms with Crippen LogP contribution >= 0.6 is 0 Å². The van der Waals surface area contributed by atoms with Crippen LogP contribution in [-0.4, -0.2) is 29.0 Å². The van der Waals surface area contributed by atoms with Crippen LogP contribution in [-0.2, 0) is 19.4 Å². The van der Waals surface area contributed by atoms with Crippen LogP contribution in [0.15, 0.2) is 54.0 Å². The predicted octanol–water partition coefficient (Wildman–Crippen LogP) is 5.13. The zero-order valence-electron chi connectivity index (χ0n) is 17.6. The number of allylic oxidation sites excluding steroid dienone is 1. The minimum absolute atomic E-state index is 0.0222. The third kappa shape index (κ3) is 4.59. The van der Waals surface area contributed by atoms with Crippen molar-refractivity contribution in [3.8, 4) is 0 Å². The van der Waals surface area contributed by atoms with Gasteiger partial charge in [0.25, 0.3) is 0 Å². The minimum atomic E-state index is 0.0222. The van der Waals surface area contributed by atoms with Gasteiger partial charge in [0, 0.05) is 31.9 Å². The van der Waals surface area contributed by atoms with E-state index in [1.165, 1.54) is 28.8 Å². The number of benzene rings is 1. The molecule has 0 saturated heterocycles. The second kappa shape index (κ2) is 9.19. The number of nitrogens with zero attached hydrogens (tertiary/aromatic N) is 2. The zero-order valence-corrected chi connectivity index (χ0v) is 17.6. The number of rotatable bonds is 6.